The van der Waals surface area contributed by atoms with E-state index in [9.17, 15) is 9.59 Å². The molecule has 34 heavy (non-hydrogen) atoms. The van der Waals surface area contributed by atoms with Gasteiger partial charge in [-0.05, 0) is 53.7 Å². The average molecular weight is 561 g/mol. The van der Waals surface area contributed by atoms with Gasteiger partial charge in [-0.2, -0.15) is 0 Å². The zero-order valence-corrected chi connectivity index (χ0v) is 21.4. The normalized spacial score (nSPS) is 14.6. The van der Waals surface area contributed by atoms with Gasteiger partial charge in [0.2, 0.25) is 0 Å². The minimum atomic E-state index is -0.426. The number of para-hydroxylation sites is 2. The molecule has 174 valence electrons. The zero-order chi connectivity index (χ0) is 24.2. The van der Waals surface area contributed by atoms with Gasteiger partial charge in [-0.3, -0.25) is 9.59 Å². The second-order valence-corrected chi connectivity index (χ2v) is 9.35. The molecule has 4 rings (SSSR count). The lowest BCUT2D eigenvalue weighted by Gasteiger charge is -2.16. The largest absolute Gasteiger partial charge is 0.495 e. The Morgan fingerprint density at radius 2 is 1.68 bits per heavy atom. The van der Waals surface area contributed by atoms with E-state index in [1.807, 2.05) is 18.2 Å². The number of thioether (sulfide) groups is 1. The Balaban J connectivity index is 1.61. The number of imide groups is 1. The summed E-state index contributed by atoms with van der Waals surface area (Å²) in [6.45, 7) is 0.264. The topological polar surface area (TPSA) is 65.1 Å². The number of amides is 2. The predicted molar refractivity (Wildman–Crippen MR) is 138 cm³/mol. The summed E-state index contributed by atoms with van der Waals surface area (Å²) in [4.78, 5) is 27.2. The number of benzene rings is 3. The van der Waals surface area contributed by atoms with Crippen LogP contribution in [0.25, 0.3) is 6.08 Å². The maximum atomic E-state index is 13.1. The summed E-state index contributed by atoms with van der Waals surface area (Å²) < 4.78 is 17.4. The fourth-order valence-corrected chi connectivity index (χ4v) is 4.79. The van der Waals surface area contributed by atoms with Crippen LogP contribution in [0.4, 0.5) is 10.5 Å². The van der Waals surface area contributed by atoms with E-state index in [1.54, 1.807) is 48.5 Å². The lowest BCUT2D eigenvalue weighted by atomic mass is 10.1. The maximum absolute atomic E-state index is 13.1. The van der Waals surface area contributed by atoms with Crippen LogP contribution in [-0.4, -0.2) is 25.4 Å². The monoisotopic (exact) mass is 559 g/mol. The average Bonchev–Trinajstić information content (AvgIpc) is 3.12. The minimum Gasteiger partial charge on any atom is -0.495 e. The molecule has 0 aromatic heterocycles. The molecule has 0 atom stereocenters. The Bertz CT molecular complexity index is 1300. The third-order valence-corrected chi connectivity index (χ3v) is 6.96. The summed E-state index contributed by atoms with van der Waals surface area (Å²) in [7, 11) is 3.03. The summed E-state index contributed by atoms with van der Waals surface area (Å²) in [6, 6.07) is 17.8. The molecule has 3 aromatic carbocycles. The van der Waals surface area contributed by atoms with Crippen LogP contribution in [0.1, 0.15) is 11.1 Å². The van der Waals surface area contributed by atoms with Crippen molar-refractivity contribution in [3.63, 3.8) is 0 Å². The number of anilines is 1. The first-order valence-corrected chi connectivity index (χ1v) is 12.1. The van der Waals surface area contributed by atoms with Crippen molar-refractivity contribution < 1.29 is 23.8 Å². The number of ether oxygens (including phenoxy) is 3. The number of rotatable bonds is 7. The number of carbonyl (C=O) groups excluding carboxylic acids is 2. The fraction of sp³-hybridized carbons (Fsp3) is 0.120. The summed E-state index contributed by atoms with van der Waals surface area (Å²) in [5, 5.41) is 0.214. The van der Waals surface area contributed by atoms with Crippen molar-refractivity contribution in [3.05, 3.63) is 86.2 Å². The van der Waals surface area contributed by atoms with E-state index in [4.69, 9.17) is 25.8 Å². The van der Waals surface area contributed by atoms with Gasteiger partial charge in [0.25, 0.3) is 11.1 Å². The lowest BCUT2D eigenvalue weighted by molar-refractivity contribution is -0.113. The number of hydrogen-bond donors (Lipinski definition) is 0. The van der Waals surface area contributed by atoms with Crippen LogP contribution in [-0.2, 0) is 11.4 Å². The number of halogens is 2. The quantitative estimate of drug-likeness (QED) is 0.292. The maximum Gasteiger partial charge on any atom is 0.298 e. The molecule has 0 spiro atoms. The van der Waals surface area contributed by atoms with Gasteiger partial charge in [0.15, 0.2) is 11.5 Å². The molecule has 0 bridgehead atoms. The van der Waals surface area contributed by atoms with Crippen LogP contribution in [0.2, 0.25) is 5.02 Å². The number of methoxy groups -OCH3 is 2. The van der Waals surface area contributed by atoms with Gasteiger partial charge >= 0.3 is 0 Å². The van der Waals surface area contributed by atoms with Gasteiger partial charge in [0, 0.05) is 15.1 Å². The van der Waals surface area contributed by atoms with Crippen molar-refractivity contribution in [2.45, 2.75) is 6.61 Å². The highest BCUT2D eigenvalue weighted by Gasteiger charge is 2.37. The third kappa shape index (κ3) is 4.94. The molecule has 0 N–H and O–H groups in total. The smallest absolute Gasteiger partial charge is 0.298 e. The zero-order valence-electron chi connectivity index (χ0n) is 18.2. The fourth-order valence-electron chi connectivity index (χ4n) is 3.34. The Morgan fingerprint density at radius 1 is 0.971 bits per heavy atom. The van der Waals surface area contributed by atoms with E-state index >= 15 is 0 Å². The second-order valence-electron chi connectivity index (χ2n) is 7.09. The predicted octanol–water partition coefficient (Wildman–Crippen LogP) is 6.94. The van der Waals surface area contributed by atoms with Crippen LogP contribution in [0.15, 0.2) is 70.0 Å². The first-order valence-electron chi connectivity index (χ1n) is 10.1. The molecule has 0 radical (unpaired) electrons. The van der Waals surface area contributed by atoms with Crippen molar-refractivity contribution >= 4 is 62.2 Å². The van der Waals surface area contributed by atoms with E-state index in [1.165, 1.54) is 14.2 Å². The van der Waals surface area contributed by atoms with E-state index < -0.39 is 11.1 Å². The molecule has 9 heteroatoms. The SMILES string of the molecule is COc1cc(/C=C2\SC(=O)N(c3ccccc3OC)C2=O)c(Br)cc1OCc1ccccc1Cl. The molecule has 0 aliphatic carbocycles. The minimum absolute atomic E-state index is 0.264. The molecular weight excluding hydrogens is 542 g/mol. The van der Waals surface area contributed by atoms with Crippen LogP contribution >= 0.6 is 39.3 Å². The van der Waals surface area contributed by atoms with Gasteiger partial charge in [0.05, 0.1) is 24.8 Å². The lowest BCUT2D eigenvalue weighted by Crippen LogP contribution is -2.28. The number of nitrogens with zero attached hydrogens (tertiary/aromatic N) is 1. The molecule has 1 fully saturated rings. The van der Waals surface area contributed by atoms with E-state index in [-0.39, 0.29) is 11.5 Å². The standard InChI is InChI=1S/C25H19BrClNO5S/c1-31-20-10-6-5-9-19(20)28-24(29)23(34-25(28)30)12-16-11-21(32-2)22(13-17(16)26)33-14-15-7-3-4-8-18(15)27/h3-13H,14H2,1-2H3/b23-12-. The summed E-state index contributed by atoms with van der Waals surface area (Å²) >= 11 is 10.6. The molecule has 1 saturated heterocycles. The Morgan fingerprint density at radius 3 is 2.41 bits per heavy atom. The van der Waals surface area contributed by atoms with Crippen LogP contribution in [0.3, 0.4) is 0 Å². The number of hydrogen-bond acceptors (Lipinski definition) is 6. The highest BCUT2D eigenvalue weighted by atomic mass is 79.9. The van der Waals surface area contributed by atoms with Crippen LogP contribution in [0, 0.1) is 0 Å². The van der Waals surface area contributed by atoms with Crippen molar-refractivity contribution in [3.8, 4) is 17.2 Å². The summed E-state index contributed by atoms with van der Waals surface area (Å²) in [5.74, 6) is 0.998. The highest BCUT2D eigenvalue weighted by Crippen LogP contribution is 2.41. The summed E-state index contributed by atoms with van der Waals surface area (Å²) in [6.07, 6.45) is 1.64. The Labute approximate surface area is 214 Å². The molecule has 1 aliphatic heterocycles. The van der Waals surface area contributed by atoms with Crippen molar-refractivity contribution in [2.75, 3.05) is 19.1 Å². The van der Waals surface area contributed by atoms with Crippen LogP contribution in [0.5, 0.6) is 17.2 Å². The molecule has 2 amide bonds. The van der Waals surface area contributed by atoms with Crippen molar-refractivity contribution in [1.82, 2.24) is 0 Å². The first-order chi connectivity index (χ1) is 16.4. The van der Waals surface area contributed by atoms with E-state index in [2.05, 4.69) is 15.9 Å². The third-order valence-electron chi connectivity index (χ3n) is 5.03. The van der Waals surface area contributed by atoms with Crippen molar-refractivity contribution in [1.29, 1.82) is 0 Å². The van der Waals surface area contributed by atoms with Gasteiger partial charge < -0.3 is 14.2 Å². The van der Waals surface area contributed by atoms with Crippen LogP contribution < -0.4 is 19.1 Å². The Kier molecular flexibility index (Phi) is 7.50. The molecule has 1 heterocycles. The molecule has 6 nitrogen and oxygen atoms in total. The van der Waals surface area contributed by atoms with Gasteiger partial charge in [0.1, 0.15) is 12.4 Å². The molecule has 0 saturated carbocycles. The van der Waals surface area contributed by atoms with Gasteiger partial charge in [-0.1, -0.05) is 57.9 Å². The van der Waals surface area contributed by atoms with Gasteiger partial charge in [-0.25, -0.2) is 4.90 Å². The molecule has 3 aromatic rings. The molecule has 0 unspecified atom stereocenters. The van der Waals surface area contributed by atoms with E-state index in [0.29, 0.717) is 38.0 Å². The molecule has 1 aliphatic rings. The van der Waals surface area contributed by atoms with E-state index in [0.717, 1.165) is 22.2 Å². The molecular formula is C25H19BrClNO5S. The van der Waals surface area contributed by atoms with Gasteiger partial charge in [-0.15, -0.1) is 0 Å². The highest BCUT2D eigenvalue weighted by molar-refractivity contribution is 9.10. The van der Waals surface area contributed by atoms with Crippen molar-refractivity contribution in [2.24, 2.45) is 0 Å². The second kappa shape index (κ2) is 10.5. The Hall–Kier alpha value is -2.94. The number of carbonyl (C=O) groups is 2. The first kappa shape index (κ1) is 24.2. The summed E-state index contributed by atoms with van der Waals surface area (Å²) in [5.41, 5.74) is 1.90.